The number of carbonyl (C=O) groups excluding carboxylic acids is 1. The molecule has 20 heavy (non-hydrogen) atoms. The summed E-state index contributed by atoms with van der Waals surface area (Å²) < 4.78 is 0. The van der Waals surface area contributed by atoms with E-state index in [2.05, 4.69) is 29.5 Å². The zero-order valence-corrected chi connectivity index (χ0v) is 12.0. The number of hydrogen-bond acceptors (Lipinski definition) is 2. The molecule has 2 atom stereocenters. The average molecular weight is 274 g/mol. The minimum Gasteiger partial charge on any atom is -0.366 e. The van der Waals surface area contributed by atoms with E-state index in [4.69, 9.17) is 5.73 Å². The van der Waals surface area contributed by atoms with E-state index in [0.29, 0.717) is 18.2 Å². The van der Waals surface area contributed by atoms with Crippen LogP contribution in [0.15, 0.2) is 29.3 Å². The quantitative estimate of drug-likeness (QED) is 0.558. The molecule has 1 aliphatic rings. The van der Waals surface area contributed by atoms with Gasteiger partial charge in [0.15, 0.2) is 5.96 Å². The van der Waals surface area contributed by atoms with Crippen LogP contribution in [0.1, 0.15) is 36.2 Å². The molecule has 4 N–H and O–H groups in total. The Labute approximate surface area is 119 Å². The Morgan fingerprint density at radius 3 is 2.55 bits per heavy atom. The molecule has 5 heteroatoms. The van der Waals surface area contributed by atoms with Crippen molar-refractivity contribution < 1.29 is 4.79 Å². The highest BCUT2D eigenvalue weighted by Gasteiger charge is 2.33. The SMILES string of the molecule is CCNC(=NCc1ccc(C(N)=O)cc1)NC1CC1C. The predicted molar refractivity (Wildman–Crippen MR) is 80.5 cm³/mol. The third-order valence-corrected chi connectivity index (χ3v) is 3.43. The van der Waals surface area contributed by atoms with Crippen molar-refractivity contribution in [1.82, 2.24) is 10.6 Å². The summed E-state index contributed by atoms with van der Waals surface area (Å²) in [5.74, 6) is 1.17. The summed E-state index contributed by atoms with van der Waals surface area (Å²) in [6, 6.07) is 7.78. The molecule has 1 amide bonds. The van der Waals surface area contributed by atoms with Gasteiger partial charge in [-0.3, -0.25) is 4.79 Å². The van der Waals surface area contributed by atoms with Crippen molar-refractivity contribution in [3.63, 3.8) is 0 Å². The monoisotopic (exact) mass is 274 g/mol. The van der Waals surface area contributed by atoms with Gasteiger partial charge >= 0.3 is 0 Å². The zero-order valence-electron chi connectivity index (χ0n) is 12.0. The predicted octanol–water partition coefficient (Wildman–Crippen LogP) is 1.25. The number of amides is 1. The first-order valence-corrected chi connectivity index (χ1v) is 7.03. The fourth-order valence-electron chi connectivity index (χ4n) is 1.96. The zero-order chi connectivity index (χ0) is 14.5. The van der Waals surface area contributed by atoms with Crippen molar-refractivity contribution in [3.8, 4) is 0 Å². The number of guanidine groups is 1. The van der Waals surface area contributed by atoms with Crippen LogP contribution in [0.2, 0.25) is 0 Å². The van der Waals surface area contributed by atoms with E-state index in [0.717, 1.165) is 24.0 Å². The smallest absolute Gasteiger partial charge is 0.248 e. The molecule has 0 spiro atoms. The minimum atomic E-state index is -0.405. The molecule has 0 saturated heterocycles. The van der Waals surface area contributed by atoms with Crippen molar-refractivity contribution >= 4 is 11.9 Å². The molecule has 0 heterocycles. The second-order valence-corrected chi connectivity index (χ2v) is 5.22. The second-order valence-electron chi connectivity index (χ2n) is 5.22. The van der Waals surface area contributed by atoms with Gasteiger partial charge in [0.1, 0.15) is 0 Å². The van der Waals surface area contributed by atoms with Gasteiger partial charge in [0, 0.05) is 18.2 Å². The Morgan fingerprint density at radius 1 is 1.40 bits per heavy atom. The summed E-state index contributed by atoms with van der Waals surface area (Å²) in [4.78, 5) is 15.5. The van der Waals surface area contributed by atoms with Gasteiger partial charge in [-0.1, -0.05) is 19.1 Å². The van der Waals surface area contributed by atoms with Crippen molar-refractivity contribution in [2.24, 2.45) is 16.6 Å². The summed E-state index contributed by atoms with van der Waals surface area (Å²) in [5.41, 5.74) is 6.79. The lowest BCUT2D eigenvalue weighted by Gasteiger charge is -2.10. The fourth-order valence-corrected chi connectivity index (χ4v) is 1.96. The molecule has 1 aromatic rings. The number of nitrogens with two attached hydrogens (primary N) is 1. The first-order valence-electron chi connectivity index (χ1n) is 7.03. The molecule has 2 rings (SSSR count). The highest BCUT2D eigenvalue weighted by molar-refractivity contribution is 5.92. The third-order valence-electron chi connectivity index (χ3n) is 3.43. The number of nitrogens with zero attached hydrogens (tertiary/aromatic N) is 1. The molecule has 0 aromatic heterocycles. The lowest BCUT2D eigenvalue weighted by molar-refractivity contribution is 0.100. The number of benzene rings is 1. The molecule has 0 bridgehead atoms. The van der Waals surface area contributed by atoms with Crippen molar-refractivity contribution in [3.05, 3.63) is 35.4 Å². The van der Waals surface area contributed by atoms with Crippen LogP contribution in [0.5, 0.6) is 0 Å². The van der Waals surface area contributed by atoms with Gasteiger partial charge in [0.2, 0.25) is 5.91 Å². The van der Waals surface area contributed by atoms with Crippen LogP contribution < -0.4 is 16.4 Å². The summed E-state index contributed by atoms with van der Waals surface area (Å²) >= 11 is 0. The average Bonchev–Trinajstić information content (AvgIpc) is 3.12. The molecular formula is C15H22N4O. The summed E-state index contributed by atoms with van der Waals surface area (Å²) in [7, 11) is 0. The van der Waals surface area contributed by atoms with Gasteiger partial charge in [-0.05, 0) is 37.0 Å². The maximum absolute atomic E-state index is 11.0. The first-order chi connectivity index (χ1) is 9.60. The van der Waals surface area contributed by atoms with Gasteiger partial charge < -0.3 is 16.4 Å². The molecule has 1 aliphatic carbocycles. The molecule has 1 saturated carbocycles. The molecule has 0 radical (unpaired) electrons. The molecule has 5 nitrogen and oxygen atoms in total. The van der Waals surface area contributed by atoms with Crippen LogP contribution in [0, 0.1) is 5.92 Å². The Bertz CT molecular complexity index is 495. The van der Waals surface area contributed by atoms with Crippen LogP contribution in [0.3, 0.4) is 0 Å². The first kappa shape index (κ1) is 14.4. The van der Waals surface area contributed by atoms with E-state index in [1.165, 1.54) is 6.42 Å². The third kappa shape index (κ3) is 3.98. The fraction of sp³-hybridized carbons (Fsp3) is 0.467. The summed E-state index contributed by atoms with van der Waals surface area (Å²) in [6.07, 6.45) is 1.21. The van der Waals surface area contributed by atoms with E-state index >= 15 is 0 Å². The number of rotatable bonds is 5. The molecule has 1 aromatic carbocycles. The van der Waals surface area contributed by atoms with E-state index in [-0.39, 0.29) is 0 Å². The van der Waals surface area contributed by atoms with Gasteiger partial charge in [0.05, 0.1) is 6.54 Å². The van der Waals surface area contributed by atoms with Crippen molar-refractivity contribution in [2.75, 3.05) is 6.54 Å². The highest BCUT2D eigenvalue weighted by atomic mass is 16.1. The topological polar surface area (TPSA) is 79.5 Å². The Kier molecular flexibility index (Phi) is 4.61. The molecule has 2 unspecified atom stereocenters. The van der Waals surface area contributed by atoms with Crippen LogP contribution in [0.25, 0.3) is 0 Å². The minimum absolute atomic E-state index is 0.405. The highest BCUT2D eigenvalue weighted by Crippen LogP contribution is 2.28. The van der Waals surface area contributed by atoms with E-state index in [9.17, 15) is 4.79 Å². The van der Waals surface area contributed by atoms with Crippen LogP contribution in [-0.2, 0) is 6.54 Å². The largest absolute Gasteiger partial charge is 0.366 e. The number of aliphatic imine (C=N–C) groups is 1. The Hall–Kier alpha value is -2.04. The second kappa shape index (κ2) is 6.41. The molecule has 108 valence electrons. The Morgan fingerprint density at radius 2 is 2.05 bits per heavy atom. The lowest BCUT2D eigenvalue weighted by atomic mass is 10.1. The maximum atomic E-state index is 11.0. The summed E-state index contributed by atoms with van der Waals surface area (Å²) in [6.45, 7) is 5.70. The maximum Gasteiger partial charge on any atom is 0.248 e. The molecule has 0 aliphatic heterocycles. The van der Waals surface area contributed by atoms with E-state index in [1.54, 1.807) is 12.1 Å². The van der Waals surface area contributed by atoms with Crippen LogP contribution >= 0.6 is 0 Å². The van der Waals surface area contributed by atoms with Gasteiger partial charge in [-0.25, -0.2) is 4.99 Å². The lowest BCUT2D eigenvalue weighted by Crippen LogP contribution is -2.39. The van der Waals surface area contributed by atoms with Crippen molar-refractivity contribution in [2.45, 2.75) is 32.9 Å². The number of primary amides is 1. The van der Waals surface area contributed by atoms with E-state index < -0.39 is 5.91 Å². The summed E-state index contributed by atoms with van der Waals surface area (Å²) in [5, 5.41) is 6.65. The van der Waals surface area contributed by atoms with Crippen LogP contribution in [-0.4, -0.2) is 24.5 Å². The van der Waals surface area contributed by atoms with E-state index in [1.807, 2.05) is 12.1 Å². The number of nitrogens with one attached hydrogen (secondary N) is 2. The number of carbonyl (C=O) groups is 1. The van der Waals surface area contributed by atoms with Crippen LogP contribution in [0.4, 0.5) is 0 Å². The van der Waals surface area contributed by atoms with Gasteiger partial charge in [-0.15, -0.1) is 0 Å². The van der Waals surface area contributed by atoms with Crippen molar-refractivity contribution in [1.29, 1.82) is 0 Å². The standard InChI is InChI=1S/C15H22N4O/c1-3-17-15(19-13-8-10(13)2)18-9-11-4-6-12(7-5-11)14(16)20/h4-7,10,13H,3,8-9H2,1-2H3,(H2,16,20)(H2,17,18,19). The molecular weight excluding hydrogens is 252 g/mol. The molecule has 1 fully saturated rings. The van der Waals surface area contributed by atoms with Gasteiger partial charge in [0.25, 0.3) is 0 Å². The van der Waals surface area contributed by atoms with Gasteiger partial charge in [-0.2, -0.15) is 0 Å². The Balaban J connectivity index is 1.95. The number of hydrogen-bond donors (Lipinski definition) is 3. The normalized spacial score (nSPS) is 21.4.